The van der Waals surface area contributed by atoms with Gasteiger partial charge >= 0.3 is 0 Å². The molecule has 1 aromatic carbocycles. The fourth-order valence-electron chi connectivity index (χ4n) is 2.57. The van der Waals surface area contributed by atoms with Crippen LogP contribution in [-0.4, -0.2) is 33.2 Å². The van der Waals surface area contributed by atoms with Gasteiger partial charge in [-0.05, 0) is 36.2 Å². The molecule has 0 unspecified atom stereocenters. The number of fused-ring (bicyclic) bond motifs is 1. The average molecular weight is 311 g/mol. The third-order valence-corrected chi connectivity index (χ3v) is 3.70. The zero-order valence-corrected chi connectivity index (χ0v) is 12.7. The maximum absolute atomic E-state index is 12.6. The summed E-state index contributed by atoms with van der Waals surface area (Å²) < 4.78 is 0. The van der Waals surface area contributed by atoms with Crippen molar-refractivity contribution in [2.45, 2.75) is 19.9 Å². The van der Waals surface area contributed by atoms with E-state index in [4.69, 9.17) is 5.73 Å². The molecule has 0 aliphatic carbocycles. The van der Waals surface area contributed by atoms with Crippen molar-refractivity contribution < 1.29 is 9.59 Å². The van der Waals surface area contributed by atoms with Gasteiger partial charge in [-0.3, -0.25) is 9.59 Å². The normalized spacial score (nSPS) is 13.3. The predicted octanol–water partition coefficient (Wildman–Crippen LogP) is 1.22. The van der Waals surface area contributed by atoms with Crippen LogP contribution in [0.5, 0.6) is 0 Å². The molecule has 23 heavy (non-hydrogen) atoms. The number of nitrogens with two attached hydrogens (primary N) is 1. The topological polar surface area (TPSA) is 101 Å². The SMILES string of the molecule is CC(=O)Nc1ccc(C(=O)N2CCc3cnc(N)nc3C2)cc1. The van der Waals surface area contributed by atoms with Gasteiger partial charge in [0.2, 0.25) is 11.9 Å². The second kappa shape index (κ2) is 6.04. The third kappa shape index (κ3) is 3.28. The van der Waals surface area contributed by atoms with E-state index in [1.807, 2.05) is 0 Å². The van der Waals surface area contributed by atoms with E-state index in [0.29, 0.717) is 30.8 Å². The van der Waals surface area contributed by atoms with Gasteiger partial charge in [0.15, 0.2) is 0 Å². The van der Waals surface area contributed by atoms with Gasteiger partial charge in [0.25, 0.3) is 5.91 Å². The van der Waals surface area contributed by atoms with Crippen LogP contribution in [0.25, 0.3) is 0 Å². The summed E-state index contributed by atoms with van der Waals surface area (Å²) in [5.74, 6) is 0.00824. The van der Waals surface area contributed by atoms with Crippen molar-refractivity contribution in [3.8, 4) is 0 Å². The molecule has 0 saturated carbocycles. The van der Waals surface area contributed by atoms with Crippen molar-refractivity contribution in [3.63, 3.8) is 0 Å². The van der Waals surface area contributed by atoms with Gasteiger partial charge in [0, 0.05) is 30.9 Å². The number of hydrogen-bond donors (Lipinski definition) is 2. The van der Waals surface area contributed by atoms with Gasteiger partial charge in [-0.1, -0.05) is 0 Å². The number of aromatic nitrogens is 2. The first-order valence-electron chi connectivity index (χ1n) is 7.30. The molecule has 1 aliphatic heterocycles. The van der Waals surface area contributed by atoms with E-state index < -0.39 is 0 Å². The van der Waals surface area contributed by atoms with Crippen LogP contribution in [0.3, 0.4) is 0 Å². The maximum Gasteiger partial charge on any atom is 0.254 e. The minimum absolute atomic E-state index is 0.0674. The first-order valence-corrected chi connectivity index (χ1v) is 7.30. The van der Waals surface area contributed by atoms with Gasteiger partial charge in [-0.25, -0.2) is 9.97 Å². The van der Waals surface area contributed by atoms with Crippen LogP contribution in [0.15, 0.2) is 30.5 Å². The summed E-state index contributed by atoms with van der Waals surface area (Å²) in [7, 11) is 0. The first kappa shape index (κ1) is 15.0. The molecule has 0 saturated heterocycles. The zero-order valence-electron chi connectivity index (χ0n) is 12.7. The Hall–Kier alpha value is -2.96. The smallest absolute Gasteiger partial charge is 0.254 e. The molecule has 2 aromatic rings. The van der Waals surface area contributed by atoms with Crippen LogP contribution in [0.1, 0.15) is 28.5 Å². The van der Waals surface area contributed by atoms with Gasteiger partial charge in [-0.2, -0.15) is 0 Å². The van der Waals surface area contributed by atoms with E-state index in [1.54, 1.807) is 35.4 Å². The molecule has 0 fully saturated rings. The molecule has 7 heteroatoms. The van der Waals surface area contributed by atoms with Crippen LogP contribution in [0.2, 0.25) is 0 Å². The lowest BCUT2D eigenvalue weighted by molar-refractivity contribution is -0.114. The summed E-state index contributed by atoms with van der Waals surface area (Å²) in [6.45, 7) is 2.48. The molecule has 0 spiro atoms. The molecule has 1 aliphatic rings. The highest BCUT2D eigenvalue weighted by Crippen LogP contribution is 2.19. The Morgan fingerprint density at radius 1 is 1.26 bits per heavy atom. The highest BCUT2D eigenvalue weighted by atomic mass is 16.2. The van der Waals surface area contributed by atoms with E-state index in [9.17, 15) is 9.59 Å². The number of carbonyl (C=O) groups excluding carboxylic acids is 2. The van der Waals surface area contributed by atoms with Crippen molar-refractivity contribution in [2.24, 2.45) is 0 Å². The summed E-state index contributed by atoms with van der Waals surface area (Å²) in [5, 5.41) is 2.68. The molecule has 2 amide bonds. The number of benzene rings is 1. The van der Waals surface area contributed by atoms with Crippen LogP contribution in [0.4, 0.5) is 11.6 Å². The summed E-state index contributed by atoms with van der Waals surface area (Å²) >= 11 is 0. The van der Waals surface area contributed by atoms with E-state index in [2.05, 4.69) is 15.3 Å². The van der Waals surface area contributed by atoms with Crippen molar-refractivity contribution >= 4 is 23.5 Å². The molecule has 3 N–H and O–H groups in total. The Morgan fingerprint density at radius 3 is 2.70 bits per heavy atom. The molecule has 0 atom stereocenters. The van der Waals surface area contributed by atoms with Crippen molar-refractivity contribution in [2.75, 3.05) is 17.6 Å². The fourth-order valence-corrected chi connectivity index (χ4v) is 2.57. The number of nitrogens with zero attached hydrogens (tertiary/aromatic N) is 3. The molecule has 0 radical (unpaired) electrons. The molecule has 2 heterocycles. The molecule has 118 valence electrons. The lowest BCUT2D eigenvalue weighted by Crippen LogP contribution is -2.36. The number of nitrogen functional groups attached to an aromatic ring is 1. The maximum atomic E-state index is 12.6. The summed E-state index contributed by atoms with van der Waals surface area (Å²) in [4.78, 5) is 33.5. The fraction of sp³-hybridized carbons (Fsp3) is 0.250. The second-order valence-corrected chi connectivity index (χ2v) is 5.44. The first-order chi connectivity index (χ1) is 11.0. The Labute approximate surface area is 133 Å². The monoisotopic (exact) mass is 311 g/mol. The predicted molar refractivity (Wildman–Crippen MR) is 85.6 cm³/mol. The number of nitrogens with one attached hydrogen (secondary N) is 1. The summed E-state index contributed by atoms with van der Waals surface area (Å²) in [6.07, 6.45) is 2.44. The van der Waals surface area contributed by atoms with Gasteiger partial charge in [0.1, 0.15) is 0 Å². The van der Waals surface area contributed by atoms with Crippen LogP contribution in [0, 0.1) is 0 Å². The summed E-state index contributed by atoms with van der Waals surface area (Å²) in [5.41, 5.74) is 8.68. The average Bonchev–Trinajstić information content (AvgIpc) is 2.53. The lowest BCUT2D eigenvalue weighted by Gasteiger charge is -2.28. The molecular weight excluding hydrogens is 294 g/mol. The van der Waals surface area contributed by atoms with Crippen LogP contribution in [-0.2, 0) is 17.8 Å². The molecule has 0 bridgehead atoms. The number of rotatable bonds is 2. The van der Waals surface area contributed by atoms with Crippen molar-refractivity contribution in [1.29, 1.82) is 0 Å². The van der Waals surface area contributed by atoms with Crippen LogP contribution < -0.4 is 11.1 Å². The van der Waals surface area contributed by atoms with Gasteiger partial charge in [-0.15, -0.1) is 0 Å². The minimum Gasteiger partial charge on any atom is -0.368 e. The second-order valence-electron chi connectivity index (χ2n) is 5.44. The van der Waals surface area contributed by atoms with E-state index in [0.717, 1.165) is 11.3 Å². The number of hydrogen-bond acceptors (Lipinski definition) is 5. The molecular formula is C16H17N5O2. The summed E-state index contributed by atoms with van der Waals surface area (Å²) in [6, 6.07) is 6.84. The van der Waals surface area contributed by atoms with Crippen molar-refractivity contribution in [3.05, 3.63) is 47.3 Å². The third-order valence-electron chi connectivity index (χ3n) is 3.70. The highest BCUT2D eigenvalue weighted by Gasteiger charge is 2.23. The quantitative estimate of drug-likeness (QED) is 0.868. The number of amides is 2. The Morgan fingerprint density at radius 2 is 2.00 bits per heavy atom. The lowest BCUT2D eigenvalue weighted by atomic mass is 10.1. The minimum atomic E-state index is -0.144. The Balaban J connectivity index is 1.75. The highest BCUT2D eigenvalue weighted by molar-refractivity contribution is 5.95. The van der Waals surface area contributed by atoms with Gasteiger partial charge < -0.3 is 16.0 Å². The largest absolute Gasteiger partial charge is 0.368 e. The Kier molecular flexibility index (Phi) is 3.92. The zero-order chi connectivity index (χ0) is 16.4. The Bertz CT molecular complexity index is 758. The van der Waals surface area contributed by atoms with E-state index in [-0.39, 0.29) is 17.8 Å². The van der Waals surface area contributed by atoms with Crippen LogP contribution >= 0.6 is 0 Å². The molecule has 1 aromatic heterocycles. The standard InChI is InChI=1S/C16H17N5O2/c1-10(22)19-13-4-2-11(3-5-13)15(23)21-7-6-12-8-18-16(17)20-14(12)9-21/h2-5,8H,6-7,9H2,1H3,(H,19,22)(H2,17,18,20). The van der Waals surface area contributed by atoms with E-state index >= 15 is 0 Å². The van der Waals surface area contributed by atoms with E-state index in [1.165, 1.54) is 6.92 Å². The number of carbonyl (C=O) groups is 2. The molecule has 7 nitrogen and oxygen atoms in total. The number of anilines is 2. The van der Waals surface area contributed by atoms with Gasteiger partial charge in [0.05, 0.1) is 12.2 Å². The van der Waals surface area contributed by atoms with Crippen molar-refractivity contribution in [1.82, 2.24) is 14.9 Å². The molecule has 3 rings (SSSR count).